The van der Waals surface area contributed by atoms with Gasteiger partial charge in [0.1, 0.15) is 11.6 Å². The van der Waals surface area contributed by atoms with Gasteiger partial charge in [-0.25, -0.2) is 9.97 Å². The highest BCUT2D eigenvalue weighted by molar-refractivity contribution is 7.12. The fraction of sp³-hybridized carbons (Fsp3) is 0.333. The minimum Gasteiger partial charge on any atom is -0.353 e. The van der Waals surface area contributed by atoms with Gasteiger partial charge in [0.2, 0.25) is 0 Å². The summed E-state index contributed by atoms with van der Waals surface area (Å²) in [5, 5.41) is 4.74. The summed E-state index contributed by atoms with van der Waals surface area (Å²) in [5.74, 6) is 1.74. The van der Waals surface area contributed by atoms with E-state index in [0.29, 0.717) is 42.3 Å². The SMILES string of the molecule is Cc1cc(N2CCN(C(=O)c3ccccc3NC(=O)c3cccs3)CC2)nc(C(C)C)n1. The standard InChI is InChI=1S/C24H27N5O2S/c1-16(2)22-25-17(3)15-21(27-22)28-10-12-29(13-11-28)24(31)18-7-4-5-8-19(18)26-23(30)20-9-6-14-32-20/h4-9,14-16H,10-13H2,1-3H3,(H,26,30). The topological polar surface area (TPSA) is 78.4 Å². The molecular weight excluding hydrogens is 422 g/mol. The first-order valence-electron chi connectivity index (χ1n) is 10.8. The number of amides is 2. The number of aryl methyl sites for hydroxylation is 1. The average molecular weight is 450 g/mol. The van der Waals surface area contributed by atoms with Gasteiger partial charge in [-0.15, -0.1) is 11.3 Å². The van der Waals surface area contributed by atoms with Gasteiger partial charge in [0.05, 0.1) is 16.1 Å². The maximum Gasteiger partial charge on any atom is 0.265 e. The molecule has 166 valence electrons. The summed E-state index contributed by atoms with van der Waals surface area (Å²) in [6.07, 6.45) is 0. The quantitative estimate of drug-likeness (QED) is 0.632. The van der Waals surface area contributed by atoms with Gasteiger partial charge in [-0.1, -0.05) is 32.0 Å². The molecule has 1 aliphatic rings. The molecular formula is C24H27N5O2S. The second-order valence-corrected chi connectivity index (χ2v) is 9.08. The zero-order chi connectivity index (χ0) is 22.7. The highest BCUT2D eigenvalue weighted by Gasteiger charge is 2.25. The average Bonchev–Trinajstić information content (AvgIpc) is 3.34. The third-order valence-electron chi connectivity index (χ3n) is 5.42. The molecule has 1 aromatic carbocycles. The van der Waals surface area contributed by atoms with Crippen molar-refractivity contribution in [2.24, 2.45) is 0 Å². The second-order valence-electron chi connectivity index (χ2n) is 8.14. The molecule has 1 fully saturated rings. The number of piperazine rings is 1. The van der Waals surface area contributed by atoms with Crippen molar-refractivity contribution in [1.82, 2.24) is 14.9 Å². The number of thiophene rings is 1. The maximum absolute atomic E-state index is 13.3. The smallest absolute Gasteiger partial charge is 0.265 e. The first-order chi connectivity index (χ1) is 15.4. The molecule has 0 saturated carbocycles. The minimum atomic E-state index is -0.204. The number of anilines is 2. The lowest BCUT2D eigenvalue weighted by Gasteiger charge is -2.36. The van der Waals surface area contributed by atoms with Gasteiger partial charge in [-0.05, 0) is 30.5 Å². The molecule has 3 heterocycles. The lowest BCUT2D eigenvalue weighted by atomic mass is 10.1. The second kappa shape index (κ2) is 9.48. The van der Waals surface area contributed by atoms with E-state index in [-0.39, 0.29) is 17.7 Å². The summed E-state index contributed by atoms with van der Waals surface area (Å²) in [7, 11) is 0. The Hall–Kier alpha value is -3.26. The largest absolute Gasteiger partial charge is 0.353 e. The number of carbonyl (C=O) groups excluding carboxylic acids is 2. The Morgan fingerprint density at radius 3 is 2.47 bits per heavy atom. The van der Waals surface area contributed by atoms with Crippen molar-refractivity contribution in [3.63, 3.8) is 0 Å². The van der Waals surface area contributed by atoms with Crippen LogP contribution in [0.15, 0.2) is 47.8 Å². The Morgan fingerprint density at radius 2 is 1.78 bits per heavy atom. The highest BCUT2D eigenvalue weighted by Crippen LogP contribution is 2.22. The molecule has 0 aliphatic carbocycles. The van der Waals surface area contributed by atoms with E-state index < -0.39 is 0 Å². The summed E-state index contributed by atoms with van der Waals surface area (Å²) in [4.78, 5) is 39.6. The fourth-order valence-corrected chi connectivity index (χ4v) is 4.29. The van der Waals surface area contributed by atoms with Crippen molar-refractivity contribution in [3.8, 4) is 0 Å². The summed E-state index contributed by atoms with van der Waals surface area (Å²) >= 11 is 1.37. The maximum atomic E-state index is 13.3. The molecule has 0 radical (unpaired) electrons. The van der Waals surface area contributed by atoms with Crippen molar-refractivity contribution < 1.29 is 9.59 Å². The molecule has 1 saturated heterocycles. The monoisotopic (exact) mass is 449 g/mol. The Morgan fingerprint density at radius 1 is 1.03 bits per heavy atom. The van der Waals surface area contributed by atoms with Crippen molar-refractivity contribution in [3.05, 3.63) is 69.8 Å². The van der Waals surface area contributed by atoms with Crippen LogP contribution < -0.4 is 10.2 Å². The van der Waals surface area contributed by atoms with Gasteiger partial charge >= 0.3 is 0 Å². The van der Waals surface area contributed by atoms with E-state index in [4.69, 9.17) is 4.98 Å². The molecule has 2 aromatic heterocycles. The summed E-state index contributed by atoms with van der Waals surface area (Å²) in [6, 6.07) is 12.8. The van der Waals surface area contributed by atoms with E-state index in [9.17, 15) is 9.59 Å². The minimum absolute atomic E-state index is 0.0755. The molecule has 7 nitrogen and oxygen atoms in total. The Bertz CT molecular complexity index is 1110. The van der Waals surface area contributed by atoms with E-state index >= 15 is 0 Å². The molecule has 0 unspecified atom stereocenters. The lowest BCUT2D eigenvalue weighted by molar-refractivity contribution is 0.0747. The van der Waals surface area contributed by atoms with Crippen molar-refractivity contribution in [1.29, 1.82) is 0 Å². The fourth-order valence-electron chi connectivity index (χ4n) is 3.67. The van der Waals surface area contributed by atoms with E-state index in [1.807, 2.05) is 41.5 Å². The number of hydrogen-bond donors (Lipinski definition) is 1. The first kappa shape index (κ1) is 22.0. The molecule has 0 spiro atoms. The number of nitrogens with zero attached hydrogens (tertiary/aromatic N) is 4. The normalized spacial score (nSPS) is 14.0. The number of benzene rings is 1. The van der Waals surface area contributed by atoms with Crippen LogP contribution in [0.2, 0.25) is 0 Å². The molecule has 3 aromatic rings. The van der Waals surface area contributed by atoms with E-state index in [1.54, 1.807) is 18.2 Å². The number of rotatable bonds is 5. The molecule has 0 bridgehead atoms. The lowest BCUT2D eigenvalue weighted by Crippen LogP contribution is -2.49. The summed E-state index contributed by atoms with van der Waals surface area (Å²) in [5.41, 5.74) is 1.99. The van der Waals surface area contributed by atoms with Gasteiger partial charge in [-0.2, -0.15) is 0 Å². The predicted octanol–water partition coefficient (Wildman–Crippen LogP) is 4.18. The van der Waals surface area contributed by atoms with Crippen LogP contribution in [-0.4, -0.2) is 52.9 Å². The predicted molar refractivity (Wildman–Crippen MR) is 128 cm³/mol. The molecule has 4 rings (SSSR count). The third-order valence-corrected chi connectivity index (χ3v) is 6.28. The number of aromatic nitrogens is 2. The van der Waals surface area contributed by atoms with Crippen LogP contribution in [-0.2, 0) is 0 Å². The molecule has 32 heavy (non-hydrogen) atoms. The van der Waals surface area contributed by atoms with Crippen LogP contribution >= 0.6 is 11.3 Å². The zero-order valence-corrected chi connectivity index (χ0v) is 19.4. The van der Waals surface area contributed by atoms with Crippen LogP contribution in [0.5, 0.6) is 0 Å². The van der Waals surface area contributed by atoms with E-state index in [2.05, 4.69) is 29.0 Å². The van der Waals surface area contributed by atoms with Crippen LogP contribution in [0, 0.1) is 6.92 Å². The van der Waals surface area contributed by atoms with Crippen LogP contribution in [0.1, 0.15) is 51.3 Å². The van der Waals surface area contributed by atoms with Gasteiger partial charge in [0.15, 0.2) is 0 Å². The van der Waals surface area contributed by atoms with Gasteiger partial charge < -0.3 is 15.1 Å². The highest BCUT2D eigenvalue weighted by atomic mass is 32.1. The number of nitrogens with one attached hydrogen (secondary N) is 1. The molecule has 1 N–H and O–H groups in total. The molecule has 2 amide bonds. The molecule has 1 aliphatic heterocycles. The van der Waals surface area contributed by atoms with Crippen molar-refractivity contribution >= 4 is 34.7 Å². The third kappa shape index (κ3) is 4.80. The van der Waals surface area contributed by atoms with E-state index in [0.717, 1.165) is 17.3 Å². The number of para-hydroxylation sites is 1. The molecule has 8 heteroatoms. The first-order valence-corrected chi connectivity index (χ1v) is 11.6. The van der Waals surface area contributed by atoms with Gasteiger partial charge in [0, 0.05) is 43.9 Å². The van der Waals surface area contributed by atoms with Gasteiger partial charge in [0.25, 0.3) is 11.8 Å². The number of hydrogen-bond acceptors (Lipinski definition) is 6. The van der Waals surface area contributed by atoms with Crippen LogP contribution in [0.4, 0.5) is 11.5 Å². The Kier molecular flexibility index (Phi) is 6.50. The Balaban J connectivity index is 1.45. The number of carbonyl (C=O) groups is 2. The van der Waals surface area contributed by atoms with Crippen molar-refractivity contribution in [2.45, 2.75) is 26.7 Å². The van der Waals surface area contributed by atoms with E-state index in [1.165, 1.54) is 11.3 Å². The molecule has 0 atom stereocenters. The zero-order valence-electron chi connectivity index (χ0n) is 18.5. The van der Waals surface area contributed by atoms with Crippen LogP contribution in [0.3, 0.4) is 0 Å². The Labute approximate surface area is 192 Å². The van der Waals surface area contributed by atoms with Gasteiger partial charge in [-0.3, -0.25) is 9.59 Å². The summed E-state index contributed by atoms with van der Waals surface area (Å²) < 4.78 is 0. The van der Waals surface area contributed by atoms with Crippen LogP contribution in [0.25, 0.3) is 0 Å². The summed E-state index contributed by atoms with van der Waals surface area (Å²) in [6.45, 7) is 8.73. The van der Waals surface area contributed by atoms with Crippen molar-refractivity contribution in [2.75, 3.05) is 36.4 Å².